The van der Waals surface area contributed by atoms with Crippen LogP contribution in [0.1, 0.15) is 46.0 Å². The topological polar surface area (TPSA) is 12.0 Å². The number of rotatable bonds is 7. The quantitative estimate of drug-likeness (QED) is 0.658. The second-order valence-electron chi connectivity index (χ2n) is 4.64. The maximum atomic E-state index is 13.5. The number of hydrogen-bond donors (Lipinski definition) is 1. The molecular formula is C14H20ClF2N. The van der Waals surface area contributed by atoms with Crippen molar-refractivity contribution in [1.82, 2.24) is 0 Å². The van der Waals surface area contributed by atoms with Gasteiger partial charge in [-0.3, -0.25) is 0 Å². The van der Waals surface area contributed by atoms with E-state index < -0.39 is 11.6 Å². The van der Waals surface area contributed by atoms with Gasteiger partial charge >= 0.3 is 0 Å². The highest BCUT2D eigenvalue weighted by Crippen LogP contribution is 2.27. The lowest BCUT2D eigenvalue weighted by Crippen LogP contribution is -2.16. The third-order valence-corrected chi connectivity index (χ3v) is 3.19. The van der Waals surface area contributed by atoms with E-state index >= 15 is 0 Å². The van der Waals surface area contributed by atoms with Gasteiger partial charge in [0.05, 0.1) is 10.7 Å². The molecule has 1 aromatic rings. The smallest absolute Gasteiger partial charge is 0.150 e. The Labute approximate surface area is 113 Å². The van der Waals surface area contributed by atoms with Gasteiger partial charge in [0, 0.05) is 12.1 Å². The first-order valence-corrected chi connectivity index (χ1v) is 6.83. The molecule has 0 heterocycles. The van der Waals surface area contributed by atoms with Crippen LogP contribution in [0.25, 0.3) is 0 Å². The molecule has 1 atom stereocenters. The fraction of sp³-hybridized carbons (Fsp3) is 0.571. The van der Waals surface area contributed by atoms with Crippen LogP contribution in [-0.4, -0.2) is 6.04 Å². The largest absolute Gasteiger partial charge is 0.379 e. The number of unbranched alkanes of at least 4 members (excludes halogenated alkanes) is 3. The lowest BCUT2D eigenvalue weighted by molar-refractivity contribution is 0.573. The molecule has 1 N–H and O–H groups in total. The van der Waals surface area contributed by atoms with Crippen molar-refractivity contribution < 1.29 is 8.78 Å². The van der Waals surface area contributed by atoms with Gasteiger partial charge in [-0.1, -0.05) is 44.2 Å². The Bertz CT molecular complexity index is 359. The number of anilines is 1. The molecule has 0 aromatic heterocycles. The minimum Gasteiger partial charge on any atom is -0.379 e. The minimum atomic E-state index is -0.654. The summed E-state index contributed by atoms with van der Waals surface area (Å²) in [5, 5.41) is 3.10. The molecule has 1 aromatic carbocycles. The average Bonchev–Trinajstić information content (AvgIpc) is 2.29. The van der Waals surface area contributed by atoms with E-state index in [2.05, 4.69) is 12.2 Å². The summed E-state index contributed by atoms with van der Waals surface area (Å²) >= 11 is 5.82. The van der Waals surface area contributed by atoms with E-state index in [-0.39, 0.29) is 16.8 Å². The van der Waals surface area contributed by atoms with Gasteiger partial charge in [-0.05, 0) is 19.4 Å². The fourth-order valence-corrected chi connectivity index (χ4v) is 2.13. The minimum absolute atomic E-state index is 0.0907. The molecule has 1 unspecified atom stereocenters. The van der Waals surface area contributed by atoms with Crippen LogP contribution in [0.4, 0.5) is 14.5 Å². The summed E-state index contributed by atoms with van der Waals surface area (Å²) in [6, 6.07) is 2.09. The first-order valence-electron chi connectivity index (χ1n) is 6.45. The van der Waals surface area contributed by atoms with Gasteiger partial charge in [-0.15, -0.1) is 0 Å². The van der Waals surface area contributed by atoms with E-state index in [1.165, 1.54) is 19.3 Å². The lowest BCUT2D eigenvalue weighted by atomic mass is 10.1. The molecule has 4 heteroatoms. The molecular weight excluding hydrogens is 256 g/mol. The highest BCUT2D eigenvalue weighted by atomic mass is 35.5. The monoisotopic (exact) mass is 275 g/mol. The fourth-order valence-electron chi connectivity index (χ4n) is 1.88. The molecule has 0 bridgehead atoms. The van der Waals surface area contributed by atoms with Crippen molar-refractivity contribution in [3.8, 4) is 0 Å². The summed E-state index contributed by atoms with van der Waals surface area (Å²) in [5.74, 6) is -1.29. The van der Waals surface area contributed by atoms with Gasteiger partial charge in [-0.2, -0.15) is 0 Å². The maximum absolute atomic E-state index is 13.5. The Hall–Kier alpha value is -0.830. The van der Waals surface area contributed by atoms with Crippen molar-refractivity contribution in [2.24, 2.45) is 0 Å². The van der Waals surface area contributed by atoms with Gasteiger partial charge in [-0.25, -0.2) is 8.78 Å². The zero-order chi connectivity index (χ0) is 13.5. The van der Waals surface area contributed by atoms with Crippen molar-refractivity contribution >= 4 is 17.3 Å². The van der Waals surface area contributed by atoms with E-state index in [0.717, 1.165) is 25.0 Å². The molecule has 0 aliphatic rings. The second-order valence-corrected chi connectivity index (χ2v) is 5.05. The Morgan fingerprint density at radius 3 is 2.56 bits per heavy atom. The van der Waals surface area contributed by atoms with Crippen molar-refractivity contribution in [2.75, 3.05) is 5.32 Å². The summed E-state index contributed by atoms with van der Waals surface area (Å²) in [4.78, 5) is 0. The van der Waals surface area contributed by atoms with E-state index in [1.54, 1.807) is 0 Å². The SMILES string of the molecule is CCCCCCC(C)Nc1c(F)cc(F)cc1Cl. The van der Waals surface area contributed by atoms with Crippen molar-refractivity contribution in [3.63, 3.8) is 0 Å². The predicted molar refractivity (Wildman–Crippen MR) is 73.2 cm³/mol. The number of hydrogen-bond acceptors (Lipinski definition) is 1. The molecule has 0 aliphatic carbocycles. The molecule has 18 heavy (non-hydrogen) atoms. The summed E-state index contributed by atoms with van der Waals surface area (Å²) in [5.41, 5.74) is 0.195. The van der Waals surface area contributed by atoms with Crippen LogP contribution in [0.15, 0.2) is 12.1 Å². The van der Waals surface area contributed by atoms with Crippen LogP contribution in [0.3, 0.4) is 0 Å². The van der Waals surface area contributed by atoms with Gasteiger partial charge in [0.15, 0.2) is 5.82 Å². The summed E-state index contributed by atoms with van der Waals surface area (Å²) < 4.78 is 26.4. The molecule has 0 spiro atoms. The maximum Gasteiger partial charge on any atom is 0.150 e. The van der Waals surface area contributed by atoms with E-state index in [9.17, 15) is 8.78 Å². The molecule has 0 amide bonds. The number of nitrogens with one attached hydrogen (secondary N) is 1. The zero-order valence-corrected chi connectivity index (χ0v) is 11.7. The van der Waals surface area contributed by atoms with Crippen LogP contribution in [0.2, 0.25) is 5.02 Å². The van der Waals surface area contributed by atoms with Crippen molar-refractivity contribution in [1.29, 1.82) is 0 Å². The Morgan fingerprint density at radius 1 is 1.22 bits per heavy atom. The third kappa shape index (κ3) is 4.81. The molecule has 1 nitrogen and oxygen atoms in total. The summed E-state index contributed by atoms with van der Waals surface area (Å²) in [6.45, 7) is 4.14. The van der Waals surface area contributed by atoms with Crippen LogP contribution in [0.5, 0.6) is 0 Å². The molecule has 0 saturated carbocycles. The Balaban J connectivity index is 2.51. The zero-order valence-electron chi connectivity index (χ0n) is 10.9. The lowest BCUT2D eigenvalue weighted by Gasteiger charge is -2.17. The molecule has 0 saturated heterocycles. The second kappa shape index (κ2) is 7.57. The standard InChI is InChI=1S/C14H20ClF2N/c1-3-4-5-6-7-10(2)18-14-12(15)8-11(16)9-13(14)17/h8-10,18H,3-7H2,1-2H3. The van der Waals surface area contributed by atoms with Crippen molar-refractivity contribution in [2.45, 2.75) is 52.0 Å². The van der Waals surface area contributed by atoms with Crippen LogP contribution in [-0.2, 0) is 0 Å². The van der Waals surface area contributed by atoms with Crippen LogP contribution in [0, 0.1) is 11.6 Å². The first-order chi connectivity index (χ1) is 8.54. The molecule has 0 fully saturated rings. The number of benzene rings is 1. The summed E-state index contributed by atoms with van der Waals surface area (Å²) in [7, 11) is 0. The van der Waals surface area contributed by atoms with Gasteiger partial charge < -0.3 is 5.32 Å². The highest BCUT2D eigenvalue weighted by Gasteiger charge is 2.12. The first kappa shape index (κ1) is 15.2. The highest BCUT2D eigenvalue weighted by molar-refractivity contribution is 6.33. The van der Waals surface area contributed by atoms with E-state index in [1.807, 2.05) is 6.92 Å². The third-order valence-electron chi connectivity index (χ3n) is 2.89. The van der Waals surface area contributed by atoms with E-state index in [4.69, 9.17) is 11.6 Å². The molecule has 1 rings (SSSR count). The Kier molecular flexibility index (Phi) is 6.41. The molecule has 102 valence electrons. The van der Waals surface area contributed by atoms with Gasteiger partial charge in [0.1, 0.15) is 5.82 Å². The van der Waals surface area contributed by atoms with Crippen molar-refractivity contribution in [3.05, 3.63) is 28.8 Å². The van der Waals surface area contributed by atoms with Crippen LogP contribution < -0.4 is 5.32 Å². The summed E-state index contributed by atoms with van der Waals surface area (Å²) in [6.07, 6.45) is 5.65. The molecule has 0 radical (unpaired) electrons. The van der Waals surface area contributed by atoms with Crippen LogP contribution >= 0.6 is 11.6 Å². The van der Waals surface area contributed by atoms with Gasteiger partial charge in [0.2, 0.25) is 0 Å². The predicted octanol–water partition coefficient (Wildman–Crippen LogP) is 5.39. The average molecular weight is 276 g/mol. The normalized spacial score (nSPS) is 12.5. The van der Waals surface area contributed by atoms with Gasteiger partial charge in [0.25, 0.3) is 0 Å². The number of halogens is 3. The molecule has 0 aliphatic heterocycles. The van der Waals surface area contributed by atoms with E-state index in [0.29, 0.717) is 0 Å². The Morgan fingerprint density at radius 2 is 1.94 bits per heavy atom.